The maximum atomic E-state index is 9.99. The van der Waals surface area contributed by atoms with Gasteiger partial charge in [-0.2, -0.15) is 0 Å². The molecule has 2 nitrogen and oxygen atoms in total. The average Bonchev–Trinajstić information content (AvgIpc) is 2.44. The van der Waals surface area contributed by atoms with E-state index in [0.717, 1.165) is 22.6 Å². The minimum absolute atomic E-state index is 0.215. The quantitative estimate of drug-likeness (QED) is 0.787. The maximum Gasteiger partial charge on any atom is 0.134 e. The van der Waals surface area contributed by atoms with Crippen molar-refractivity contribution in [3.63, 3.8) is 0 Å². The van der Waals surface area contributed by atoms with Crippen LogP contribution < -0.4 is 5.32 Å². The Morgan fingerprint density at radius 2 is 2.00 bits per heavy atom. The molecule has 0 spiro atoms. The summed E-state index contributed by atoms with van der Waals surface area (Å²) in [6, 6.07) is 13.7. The van der Waals surface area contributed by atoms with Crippen molar-refractivity contribution in [2.75, 3.05) is 0 Å². The van der Waals surface area contributed by atoms with Crippen LogP contribution in [-0.4, -0.2) is 5.11 Å². The topological polar surface area (TPSA) is 32.3 Å². The van der Waals surface area contributed by atoms with Crippen LogP contribution in [0, 0.1) is 0 Å². The molecule has 0 aliphatic carbocycles. The van der Waals surface area contributed by atoms with E-state index < -0.39 is 0 Å². The number of benzene rings is 2. The molecule has 0 bridgehead atoms. The highest BCUT2D eigenvalue weighted by Crippen LogP contribution is 2.28. The summed E-state index contributed by atoms with van der Waals surface area (Å²) in [7, 11) is 0. The van der Waals surface area contributed by atoms with Crippen LogP contribution in [0.2, 0.25) is 5.02 Å². The fourth-order valence-electron chi connectivity index (χ4n) is 2.16. The normalized spacial score (nSPS) is 12.3. The molecule has 2 rings (SSSR count). The summed E-state index contributed by atoms with van der Waals surface area (Å²) in [5.41, 5.74) is 2.04. The van der Waals surface area contributed by atoms with E-state index in [0.29, 0.717) is 16.8 Å². The van der Waals surface area contributed by atoms with Gasteiger partial charge in [-0.3, -0.25) is 0 Å². The summed E-state index contributed by atoms with van der Waals surface area (Å²) in [5, 5.41) is 14.2. The number of para-hydroxylation sites is 1. The van der Waals surface area contributed by atoms with Gasteiger partial charge in [-0.25, -0.2) is 0 Å². The van der Waals surface area contributed by atoms with Crippen molar-refractivity contribution in [1.82, 2.24) is 5.32 Å². The van der Waals surface area contributed by atoms with Crippen LogP contribution in [-0.2, 0) is 6.54 Å². The molecule has 0 amide bonds. The number of hydrogen-bond acceptors (Lipinski definition) is 2. The lowest BCUT2D eigenvalue weighted by molar-refractivity contribution is 0.452. The Morgan fingerprint density at radius 1 is 1.25 bits per heavy atom. The second-order valence-corrected chi connectivity index (χ2v) is 5.94. The molecule has 1 atom stereocenters. The zero-order chi connectivity index (χ0) is 14.5. The average molecular weight is 355 g/mol. The van der Waals surface area contributed by atoms with Crippen molar-refractivity contribution in [3.8, 4) is 5.75 Å². The molecule has 0 aromatic heterocycles. The number of phenolic OH excluding ortho intramolecular Hbond substituents is 1. The molecular weight excluding hydrogens is 338 g/mol. The lowest BCUT2D eigenvalue weighted by atomic mass is 10.0. The van der Waals surface area contributed by atoms with E-state index in [-0.39, 0.29) is 6.04 Å². The van der Waals surface area contributed by atoms with Crippen molar-refractivity contribution in [2.24, 2.45) is 0 Å². The number of aromatic hydroxyl groups is 1. The highest BCUT2D eigenvalue weighted by molar-refractivity contribution is 9.10. The molecule has 0 radical (unpaired) electrons. The third-order valence-corrected chi connectivity index (χ3v) is 4.14. The first-order chi connectivity index (χ1) is 9.61. The summed E-state index contributed by atoms with van der Waals surface area (Å²) in [6.07, 6.45) is 0.953. The molecular formula is C16H17BrClNO. The lowest BCUT2D eigenvalue weighted by Gasteiger charge is -2.18. The molecule has 0 aliphatic heterocycles. The number of hydrogen-bond donors (Lipinski definition) is 2. The fourth-order valence-corrected chi connectivity index (χ4v) is 2.76. The molecule has 1 unspecified atom stereocenters. The zero-order valence-corrected chi connectivity index (χ0v) is 13.6. The first-order valence-corrected chi connectivity index (χ1v) is 7.74. The molecule has 106 valence electrons. The molecule has 0 heterocycles. The van der Waals surface area contributed by atoms with E-state index in [4.69, 9.17) is 11.6 Å². The molecule has 2 aromatic rings. The molecule has 0 saturated carbocycles. The predicted molar refractivity (Wildman–Crippen MR) is 87.1 cm³/mol. The van der Waals surface area contributed by atoms with Gasteiger partial charge >= 0.3 is 0 Å². The van der Waals surface area contributed by atoms with E-state index >= 15 is 0 Å². The van der Waals surface area contributed by atoms with Crippen LogP contribution in [0.3, 0.4) is 0 Å². The summed E-state index contributed by atoms with van der Waals surface area (Å²) in [5.74, 6) is 0.293. The highest BCUT2D eigenvalue weighted by Gasteiger charge is 2.11. The Labute approximate surface area is 132 Å². The largest absolute Gasteiger partial charge is 0.506 e. The van der Waals surface area contributed by atoms with Gasteiger partial charge in [0.15, 0.2) is 0 Å². The SMILES string of the molecule is CCC(NCc1cccc(Br)c1O)c1cccc(Cl)c1. The second kappa shape index (κ2) is 7.11. The van der Waals surface area contributed by atoms with E-state index in [1.54, 1.807) is 0 Å². The van der Waals surface area contributed by atoms with Gasteiger partial charge in [-0.15, -0.1) is 0 Å². The van der Waals surface area contributed by atoms with Gasteiger partial charge in [0.25, 0.3) is 0 Å². The maximum absolute atomic E-state index is 9.99. The third kappa shape index (κ3) is 3.75. The standard InChI is InChI=1S/C16H17BrClNO/c1-2-15(11-5-3-7-13(18)9-11)19-10-12-6-4-8-14(17)16(12)20/h3-9,15,19-20H,2,10H2,1H3. The van der Waals surface area contributed by atoms with Crippen LogP contribution >= 0.6 is 27.5 Å². The molecule has 20 heavy (non-hydrogen) atoms. The van der Waals surface area contributed by atoms with E-state index in [9.17, 15) is 5.11 Å². The molecule has 0 aliphatic rings. The smallest absolute Gasteiger partial charge is 0.134 e. The Balaban J connectivity index is 2.10. The van der Waals surface area contributed by atoms with Crippen LogP contribution in [0.5, 0.6) is 5.75 Å². The Bertz CT molecular complexity index is 588. The fraction of sp³-hybridized carbons (Fsp3) is 0.250. The van der Waals surface area contributed by atoms with Gasteiger partial charge in [0.2, 0.25) is 0 Å². The van der Waals surface area contributed by atoms with E-state index in [1.165, 1.54) is 0 Å². The van der Waals surface area contributed by atoms with E-state index in [2.05, 4.69) is 34.2 Å². The van der Waals surface area contributed by atoms with Gasteiger partial charge in [0.05, 0.1) is 4.47 Å². The van der Waals surface area contributed by atoms with Crippen molar-refractivity contribution in [1.29, 1.82) is 0 Å². The van der Waals surface area contributed by atoms with Crippen LogP contribution in [0.25, 0.3) is 0 Å². The lowest BCUT2D eigenvalue weighted by Crippen LogP contribution is -2.20. The second-order valence-electron chi connectivity index (χ2n) is 4.64. The van der Waals surface area contributed by atoms with Gasteiger partial charge < -0.3 is 10.4 Å². The highest BCUT2D eigenvalue weighted by atomic mass is 79.9. The van der Waals surface area contributed by atoms with E-state index in [1.807, 2.05) is 36.4 Å². The molecule has 4 heteroatoms. The van der Waals surface area contributed by atoms with Gasteiger partial charge in [-0.05, 0) is 46.1 Å². The van der Waals surface area contributed by atoms with Crippen LogP contribution in [0.15, 0.2) is 46.9 Å². The van der Waals surface area contributed by atoms with Gasteiger partial charge in [0, 0.05) is 23.2 Å². The number of phenols is 1. The Hall–Kier alpha value is -1.03. The molecule has 2 N–H and O–H groups in total. The minimum Gasteiger partial charge on any atom is -0.506 e. The molecule has 0 fully saturated rings. The Morgan fingerprint density at radius 3 is 2.70 bits per heavy atom. The third-order valence-electron chi connectivity index (χ3n) is 3.27. The van der Waals surface area contributed by atoms with Crippen molar-refractivity contribution in [2.45, 2.75) is 25.9 Å². The number of halogens is 2. The number of nitrogens with one attached hydrogen (secondary N) is 1. The van der Waals surface area contributed by atoms with Gasteiger partial charge in [0.1, 0.15) is 5.75 Å². The minimum atomic E-state index is 0.215. The van der Waals surface area contributed by atoms with Crippen molar-refractivity contribution >= 4 is 27.5 Å². The summed E-state index contributed by atoms with van der Waals surface area (Å²) < 4.78 is 0.715. The Kier molecular flexibility index (Phi) is 5.46. The summed E-state index contributed by atoms with van der Waals surface area (Å²) in [4.78, 5) is 0. The zero-order valence-electron chi connectivity index (χ0n) is 11.2. The first kappa shape index (κ1) is 15.4. The molecule has 2 aromatic carbocycles. The van der Waals surface area contributed by atoms with Crippen molar-refractivity contribution < 1.29 is 5.11 Å². The predicted octanol–water partition coefficient (Wildman–Crippen LogP) is 5.05. The molecule has 0 saturated heterocycles. The van der Waals surface area contributed by atoms with Crippen LogP contribution in [0.4, 0.5) is 0 Å². The van der Waals surface area contributed by atoms with Crippen molar-refractivity contribution in [3.05, 3.63) is 63.1 Å². The van der Waals surface area contributed by atoms with Crippen LogP contribution in [0.1, 0.15) is 30.5 Å². The summed E-state index contributed by atoms with van der Waals surface area (Å²) >= 11 is 9.36. The summed E-state index contributed by atoms with van der Waals surface area (Å²) in [6.45, 7) is 2.73. The first-order valence-electron chi connectivity index (χ1n) is 6.57. The monoisotopic (exact) mass is 353 g/mol. The van der Waals surface area contributed by atoms with Gasteiger partial charge in [-0.1, -0.05) is 42.8 Å². The number of rotatable bonds is 5.